The number of carbonyl (C=O) groups is 1. The van der Waals surface area contributed by atoms with Crippen molar-refractivity contribution in [3.63, 3.8) is 0 Å². The van der Waals surface area contributed by atoms with E-state index in [1.807, 2.05) is 0 Å². The van der Waals surface area contributed by atoms with Crippen LogP contribution in [0.4, 0.5) is 0 Å². The van der Waals surface area contributed by atoms with Crippen LogP contribution < -0.4 is 5.73 Å². The molecule has 122 valence electrons. The number of carboxylic acids is 1. The van der Waals surface area contributed by atoms with Crippen LogP contribution in [0.2, 0.25) is 0 Å². The van der Waals surface area contributed by atoms with Crippen molar-refractivity contribution < 1.29 is 15.0 Å². The molecule has 0 aromatic rings. The van der Waals surface area contributed by atoms with Crippen LogP contribution in [0.15, 0.2) is 0 Å². The third-order valence-electron chi connectivity index (χ3n) is 3.08. The molecular weight excluding hydrogens is 254 g/mol. The fourth-order valence-corrected chi connectivity index (χ4v) is 1.83. The van der Waals surface area contributed by atoms with Crippen molar-refractivity contribution in [1.29, 1.82) is 0 Å². The van der Waals surface area contributed by atoms with E-state index >= 15 is 0 Å². The van der Waals surface area contributed by atoms with Gasteiger partial charge in [-0.25, -0.2) is 0 Å². The van der Waals surface area contributed by atoms with Gasteiger partial charge in [-0.2, -0.15) is 0 Å². The molecule has 4 nitrogen and oxygen atoms in total. The predicted molar refractivity (Wildman–Crippen MR) is 84.8 cm³/mol. The summed E-state index contributed by atoms with van der Waals surface area (Å²) < 4.78 is 0. The predicted octanol–water partition coefficient (Wildman–Crippen LogP) is 3.71. The Morgan fingerprint density at radius 2 is 1.45 bits per heavy atom. The van der Waals surface area contributed by atoms with Gasteiger partial charge in [0, 0.05) is 6.42 Å². The Hall–Kier alpha value is -0.610. The molecule has 1 unspecified atom stereocenters. The highest BCUT2D eigenvalue weighted by molar-refractivity contribution is 5.66. The van der Waals surface area contributed by atoms with Crippen molar-refractivity contribution in [1.82, 2.24) is 0 Å². The standard InChI is InChI=1S/C12H24O2.C4H11NO/c1-2-3-4-5-6-7-8-9-10-11-12(13)14;1-4(6)2-3-5/h2-11H2,1H3,(H,13,14);4,6H,2-3,5H2,1H3. The molecule has 0 spiro atoms. The Morgan fingerprint density at radius 1 is 1.00 bits per heavy atom. The van der Waals surface area contributed by atoms with Crippen molar-refractivity contribution in [2.75, 3.05) is 6.54 Å². The van der Waals surface area contributed by atoms with Crippen LogP contribution in [-0.4, -0.2) is 28.8 Å². The highest BCUT2D eigenvalue weighted by atomic mass is 16.4. The van der Waals surface area contributed by atoms with E-state index < -0.39 is 5.97 Å². The van der Waals surface area contributed by atoms with Gasteiger partial charge in [-0.1, -0.05) is 58.3 Å². The van der Waals surface area contributed by atoms with Gasteiger partial charge in [-0.3, -0.25) is 4.79 Å². The fraction of sp³-hybridized carbons (Fsp3) is 0.938. The van der Waals surface area contributed by atoms with Crippen LogP contribution >= 0.6 is 0 Å². The Kier molecular flexibility index (Phi) is 19.9. The van der Waals surface area contributed by atoms with Crippen LogP contribution in [0.5, 0.6) is 0 Å². The van der Waals surface area contributed by atoms with E-state index in [2.05, 4.69) is 6.92 Å². The smallest absolute Gasteiger partial charge is 0.303 e. The van der Waals surface area contributed by atoms with Crippen LogP contribution in [0, 0.1) is 0 Å². The highest BCUT2D eigenvalue weighted by Gasteiger charge is 1.96. The molecule has 1 atom stereocenters. The van der Waals surface area contributed by atoms with E-state index in [1.54, 1.807) is 6.92 Å². The average Bonchev–Trinajstić information content (AvgIpc) is 2.37. The second kappa shape index (κ2) is 18.4. The molecule has 0 aliphatic rings. The van der Waals surface area contributed by atoms with E-state index in [9.17, 15) is 4.79 Å². The van der Waals surface area contributed by atoms with Gasteiger partial charge in [0.2, 0.25) is 0 Å². The molecule has 0 aliphatic carbocycles. The van der Waals surface area contributed by atoms with Crippen LogP contribution in [0.3, 0.4) is 0 Å². The molecule has 0 aromatic carbocycles. The molecule has 0 saturated carbocycles. The molecule has 20 heavy (non-hydrogen) atoms. The van der Waals surface area contributed by atoms with Gasteiger partial charge in [0.05, 0.1) is 6.10 Å². The van der Waals surface area contributed by atoms with Crippen molar-refractivity contribution in [2.45, 2.75) is 90.6 Å². The number of unbranched alkanes of at least 4 members (excludes halogenated alkanes) is 8. The second-order valence-corrected chi connectivity index (χ2v) is 5.40. The molecule has 4 heteroatoms. The summed E-state index contributed by atoms with van der Waals surface area (Å²) >= 11 is 0. The number of aliphatic carboxylic acids is 1. The number of hydrogen-bond donors (Lipinski definition) is 3. The summed E-state index contributed by atoms with van der Waals surface area (Å²) in [5.74, 6) is -0.659. The maximum absolute atomic E-state index is 10.2. The number of nitrogens with two attached hydrogens (primary N) is 1. The van der Waals surface area contributed by atoms with Gasteiger partial charge >= 0.3 is 5.97 Å². The second-order valence-electron chi connectivity index (χ2n) is 5.40. The molecule has 0 aliphatic heterocycles. The summed E-state index contributed by atoms with van der Waals surface area (Å²) in [6.07, 6.45) is 12.0. The van der Waals surface area contributed by atoms with Gasteiger partial charge in [-0.05, 0) is 26.3 Å². The molecule has 0 fully saturated rings. The summed E-state index contributed by atoms with van der Waals surface area (Å²) in [4.78, 5) is 10.2. The topological polar surface area (TPSA) is 83.5 Å². The molecule has 0 heterocycles. The fourth-order valence-electron chi connectivity index (χ4n) is 1.83. The zero-order valence-corrected chi connectivity index (χ0v) is 13.4. The summed E-state index contributed by atoms with van der Waals surface area (Å²) in [7, 11) is 0. The first kappa shape index (κ1) is 21.7. The number of carboxylic acid groups (broad SMARTS) is 1. The van der Waals surface area contributed by atoms with Gasteiger partial charge < -0.3 is 15.9 Å². The maximum Gasteiger partial charge on any atom is 0.303 e. The lowest BCUT2D eigenvalue weighted by Crippen LogP contribution is -2.08. The molecule has 0 rings (SSSR count). The first-order chi connectivity index (χ1) is 9.54. The number of aliphatic hydroxyl groups excluding tert-OH is 1. The minimum Gasteiger partial charge on any atom is -0.481 e. The summed E-state index contributed by atoms with van der Waals surface area (Å²) in [5.41, 5.74) is 5.07. The minimum absolute atomic E-state index is 0.227. The highest BCUT2D eigenvalue weighted by Crippen LogP contribution is 2.10. The van der Waals surface area contributed by atoms with Gasteiger partial charge in [0.25, 0.3) is 0 Å². The van der Waals surface area contributed by atoms with E-state index in [4.69, 9.17) is 15.9 Å². The number of hydrogen-bond acceptors (Lipinski definition) is 3. The normalized spacial score (nSPS) is 11.6. The van der Waals surface area contributed by atoms with E-state index in [0.717, 1.165) is 12.8 Å². The summed E-state index contributed by atoms with van der Waals surface area (Å²) in [6, 6.07) is 0. The molecular formula is C16H35NO3. The third-order valence-corrected chi connectivity index (χ3v) is 3.08. The molecule has 4 N–H and O–H groups in total. The third kappa shape index (κ3) is 26.1. The molecule has 0 radical (unpaired) electrons. The maximum atomic E-state index is 10.2. The van der Waals surface area contributed by atoms with Gasteiger partial charge in [0.1, 0.15) is 0 Å². The first-order valence-corrected chi connectivity index (χ1v) is 8.14. The van der Waals surface area contributed by atoms with E-state index in [-0.39, 0.29) is 6.10 Å². The summed E-state index contributed by atoms with van der Waals surface area (Å²) in [5, 5.41) is 16.9. The molecule has 0 bridgehead atoms. The van der Waals surface area contributed by atoms with Gasteiger partial charge in [0.15, 0.2) is 0 Å². The van der Waals surface area contributed by atoms with Crippen LogP contribution in [-0.2, 0) is 4.79 Å². The SMILES string of the molecule is CC(O)CCN.CCCCCCCCCCCC(=O)O. The summed E-state index contributed by atoms with van der Waals surface area (Å²) in [6.45, 7) is 4.54. The van der Waals surface area contributed by atoms with Crippen LogP contribution in [0.25, 0.3) is 0 Å². The Labute approximate surface area is 124 Å². The Bertz CT molecular complexity index is 196. The van der Waals surface area contributed by atoms with Crippen LogP contribution in [0.1, 0.15) is 84.5 Å². The molecule has 0 amide bonds. The Balaban J connectivity index is 0. The largest absolute Gasteiger partial charge is 0.481 e. The quantitative estimate of drug-likeness (QED) is 0.478. The van der Waals surface area contributed by atoms with Crippen molar-refractivity contribution in [3.05, 3.63) is 0 Å². The molecule has 0 aromatic heterocycles. The first-order valence-electron chi connectivity index (χ1n) is 8.14. The minimum atomic E-state index is -0.659. The lowest BCUT2D eigenvalue weighted by atomic mass is 10.1. The average molecular weight is 289 g/mol. The van der Waals surface area contributed by atoms with Crippen molar-refractivity contribution in [2.24, 2.45) is 5.73 Å². The van der Waals surface area contributed by atoms with E-state index in [1.165, 1.54) is 44.9 Å². The number of rotatable bonds is 12. The molecule has 0 saturated heterocycles. The zero-order valence-electron chi connectivity index (χ0n) is 13.4. The lowest BCUT2D eigenvalue weighted by molar-refractivity contribution is -0.137. The van der Waals surface area contributed by atoms with Crippen molar-refractivity contribution >= 4 is 5.97 Å². The monoisotopic (exact) mass is 289 g/mol. The number of aliphatic hydroxyl groups is 1. The van der Waals surface area contributed by atoms with Gasteiger partial charge in [-0.15, -0.1) is 0 Å². The van der Waals surface area contributed by atoms with Crippen molar-refractivity contribution in [3.8, 4) is 0 Å². The Morgan fingerprint density at radius 3 is 1.75 bits per heavy atom. The van der Waals surface area contributed by atoms with E-state index in [0.29, 0.717) is 19.4 Å². The zero-order chi connectivity index (χ0) is 15.6. The lowest BCUT2D eigenvalue weighted by Gasteiger charge is -2.00.